The van der Waals surface area contributed by atoms with Gasteiger partial charge in [0.05, 0.1) is 16.5 Å². The SMILES string of the molecule is O=C(O)CCN(Cc1ccc(Cl)c(Cl)c1)c1ccccc1. The predicted octanol–water partition coefficient (Wildman–Crippen LogP) is 4.47. The fourth-order valence-corrected chi connectivity index (χ4v) is 2.35. The Morgan fingerprint density at radius 3 is 2.38 bits per heavy atom. The molecule has 110 valence electrons. The minimum absolute atomic E-state index is 0.0796. The van der Waals surface area contributed by atoms with Gasteiger partial charge in [-0.3, -0.25) is 4.79 Å². The van der Waals surface area contributed by atoms with Crippen LogP contribution in [0, 0.1) is 0 Å². The number of hydrogen-bond acceptors (Lipinski definition) is 2. The Hall–Kier alpha value is -1.71. The van der Waals surface area contributed by atoms with Crippen LogP contribution < -0.4 is 4.90 Å². The van der Waals surface area contributed by atoms with Crippen molar-refractivity contribution in [3.05, 3.63) is 64.1 Å². The average molecular weight is 324 g/mol. The first-order valence-corrected chi connectivity index (χ1v) is 7.27. The molecule has 0 spiro atoms. The fraction of sp³-hybridized carbons (Fsp3) is 0.188. The molecule has 0 bridgehead atoms. The summed E-state index contributed by atoms with van der Waals surface area (Å²) in [5.74, 6) is -0.815. The van der Waals surface area contributed by atoms with Gasteiger partial charge in [-0.25, -0.2) is 0 Å². The normalized spacial score (nSPS) is 10.4. The van der Waals surface area contributed by atoms with Gasteiger partial charge in [-0.1, -0.05) is 47.5 Å². The molecular formula is C16H15Cl2NO2. The third kappa shape index (κ3) is 4.66. The average Bonchev–Trinajstić information content (AvgIpc) is 2.48. The summed E-state index contributed by atoms with van der Waals surface area (Å²) in [4.78, 5) is 12.8. The van der Waals surface area contributed by atoms with Crippen molar-refractivity contribution in [2.24, 2.45) is 0 Å². The van der Waals surface area contributed by atoms with Gasteiger partial charge in [-0.2, -0.15) is 0 Å². The number of rotatable bonds is 6. The van der Waals surface area contributed by atoms with E-state index < -0.39 is 5.97 Å². The molecule has 1 N–H and O–H groups in total. The molecule has 0 unspecified atom stereocenters. The number of carbonyl (C=O) groups is 1. The summed E-state index contributed by atoms with van der Waals surface area (Å²) in [7, 11) is 0. The van der Waals surface area contributed by atoms with Crippen molar-refractivity contribution in [3.8, 4) is 0 Å². The van der Waals surface area contributed by atoms with Gasteiger partial charge in [0.25, 0.3) is 0 Å². The van der Waals surface area contributed by atoms with Gasteiger partial charge in [0.15, 0.2) is 0 Å². The highest BCUT2D eigenvalue weighted by molar-refractivity contribution is 6.42. The largest absolute Gasteiger partial charge is 0.481 e. The second-order valence-electron chi connectivity index (χ2n) is 4.65. The van der Waals surface area contributed by atoms with Crippen LogP contribution in [0.4, 0.5) is 5.69 Å². The van der Waals surface area contributed by atoms with Crippen molar-refractivity contribution in [1.29, 1.82) is 0 Å². The lowest BCUT2D eigenvalue weighted by Gasteiger charge is -2.24. The first-order chi connectivity index (χ1) is 10.1. The topological polar surface area (TPSA) is 40.5 Å². The number of hydrogen-bond donors (Lipinski definition) is 1. The molecule has 0 fully saturated rings. The molecule has 5 heteroatoms. The Bertz CT molecular complexity index is 617. The summed E-state index contributed by atoms with van der Waals surface area (Å²) in [6, 6.07) is 15.2. The number of benzene rings is 2. The monoisotopic (exact) mass is 323 g/mol. The second kappa shape index (κ2) is 7.34. The van der Waals surface area contributed by atoms with Gasteiger partial charge in [0, 0.05) is 18.8 Å². The van der Waals surface area contributed by atoms with E-state index in [0.717, 1.165) is 11.3 Å². The van der Waals surface area contributed by atoms with Crippen LogP contribution in [0.3, 0.4) is 0 Å². The Labute approximate surface area is 133 Å². The minimum Gasteiger partial charge on any atom is -0.481 e. The maximum atomic E-state index is 10.8. The summed E-state index contributed by atoms with van der Waals surface area (Å²) < 4.78 is 0. The molecule has 2 aromatic carbocycles. The van der Waals surface area contributed by atoms with E-state index in [9.17, 15) is 4.79 Å². The molecule has 2 aromatic rings. The number of anilines is 1. The number of carboxylic acid groups (broad SMARTS) is 1. The Kier molecular flexibility index (Phi) is 5.48. The van der Waals surface area contributed by atoms with Crippen molar-refractivity contribution >= 4 is 34.9 Å². The molecule has 0 saturated heterocycles. The minimum atomic E-state index is -0.815. The summed E-state index contributed by atoms with van der Waals surface area (Å²) in [6.07, 6.45) is 0.0796. The van der Waals surface area contributed by atoms with E-state index in [0.29, 0.717) is 23.1 Å². The van der Waals surface area contributed by atoms with E-state index in [2.05, 4.69) is 0 Å². The lowest BCUT2D eigenvalue weighted by molar-refractivity contribution is -0.136. The van der Waals surface area contributed by atoms with E-state index in [1.165, 1.54) is 0 Å². The van der Waals surface area contributed by atoms with E-state index in [-0.39, 0.29) is 6.42 Å². The molecule has 0 aromatic heterocycles. The Balaban J connectivity index is 2.18. The maximum Gasteiger partial charge on any atom is 0.305 e. The van der Waals surface area contributed by atoms with Gasteiger partial charge in [-0.15, -0.1) is 0 Å². The molecule has 0 amide bonds. The van der Waals surface area contributed by atoms with E-state index in [1.807, 2.05) is 41.3 Å². The molecule has 2 rings (SSSR count). The van der Waals surface area contributed by atoms with Crippen molar-refractivity contribution in [3.63, 3.8) is 0 Å². The van der Waals surface area contributed by atoms with Gasteiger partial charge in [0.2, 0.25) is 0 Å². The molecule has 0 aliphatic rings. The number of aliphatic carboxylic acids is 1. The zero-order chi connectivity index (χ0) is 15.2. The molecule has 0 atom stereocenters. The van der Waals surface area contributed by atoms with Crippen LogP contribution in [-0.2, 0) is 11.3 Å². The van der Waals surface area contributed by atoms with Crippen molar-refractivity contribution < 1.29 is 9.90 Å². The van der Waals surface area contributed by atoms with Crippen molar-refractivity contribution in [1.82, 2.24) is 0 Å². The van der Waals surface area contributed by atoms with Crippen LogP contribution in [0.25, 0.3) is 0 Å². The summed E-state index contributed by atoms with van der Waals surface area (Å²) in [5, 5.41) is 9.90. The quantitative estimate of drug-likeness (QED) is 0.852. The first-order valence-electron chi connectivity index (χ1n) is 6.52. The highest BCUT2D eigenvalue weighted by Gasteiger charge is 2.10. The third-order valence-corrected chi connectivity index (χ3v) is 3.81. The molecular weight excluding hydrogens is 309 g/mol. The maximum absolute atomic E-state index is 10.8. The van der Waals surface area contributed by atoms with E-state index in [4.69, 9.17) is 28.3 Å². The highest BCUT2D eigenvalue weighted by Crippen LogP contribution is 2.24. The summed E-state index contributed by atoms with van der Waals surface area (Å²) >= 11 is 11.9. The predicted molar refractivity (Wildman–Crippen MR) is 86.2 cm³/mol. The zero-order valence-corrected chi connectivity index (χ0v) is 12.8. The van der Waals surface area contributed by atoms with Gasteiger partial charge < -0.3 is 10.0 Å². The number of carboxylic acids is 1. The number of halogens is 2. The molecule has 0 heterocycles. The first kappa shape index (κ1) is 15.7. The van der Waals surface area contributed by atoms with Crippen LogP contribution in [0.1, 0.15) is 12.0 Å². The lowest BCUT2D eigenvalue weighted by atomic mass is 10.2. The molecule has 0 aliphatic carbocycles. The molecule has 21 heavy (non-hydrogen) atoms. The molecule has 3 nitrogen and oxygen atoms in total. The molecule has 0 radical (unpaired) electrons. The van der Waals surface area contributed by atoms with Crippen molar-refractivity contribution in [2.45, 2.75) is 13.0 Å². The number of para-hydroxylation sites is 1. The highest BCUT2D eigenvalue weighted by atomic mass is 35.5. The van der Waals surface area contributed by atoms with E-state index in [1.54, 1.807) is 12.1 Å². The Morgan fingerprint density at radius 2 is 1.76 bits per heavy atom. The van der Waals surface area contributed by atoms with Crippen LogP contribution in [0.15, 0.2) is 48.5 Å². The lowest BCUT2D eigenvalue weighted by Crippen LogP contribution is -2.25. The van der Waals surface area contributed by atoms with Crippen LogP contribution in [0.2, 0.25) is 10.0 Å². The van der Waals surface area contributed by atoms with Gasteiger partial charge in [-0.05, 0) is 29.8 Å². The summed E-state index contributed by atoms with van der Waals surface area (Å²) in [5.41, 5.74) is 1.96. The standard InChI is InChI=1S/C16H15Cl2NO2/c17-14-7-6-12(10-15(14)18)11-19(9-8-16(20)21)13-4-2-1-3-5-13/h1-7,10H,8-9,11H2,(H,20,21). The fourth-order valence-electron chi connectivity index (χ4n) is 2.03. The van der Waals surface area contributed by atoms with Gasteiger partial charge >= 0.3 is 5.97 Å². The summed E-state index contributed by atoms with van der Waals surface area (Å²) in [6.45, 7) is 1.01. The van der Waals surface area contributed by atoms with E-state index >= 15 is 0 Å². The number of nitrogens with zero attached hydrogens (tertiary/aromatic N) is 1. The van der Waals surface area contributed by atoms with Crippen molar-refractivity contribution in [2.75, 3.05) is 11.4 Å². The third-order valence-electron chi connectivity index (χ3n) is 3.07. The molecule has 0 saturated carbocycles. The van der Waals surface area contributed by atoms with Crippen LogP contribution in [-0.4, -0.2) is 17.6 Å². The smallest absolute Gasteiger partial charge is 0.305 e. The van der Waals surface area contributed by atoms with Crippen LogP contribution >= 0.6 is 23.2 Å². The zero-order valence-electron chi connectivity index (χ0n) is 11.3. The van der Waals surface area contributed by atoms with Crippen LogP contribution in [0.5, 0.6) is 0 Å². The molecule has 0 aliphatic heterocycles. The van der Waals surface area contributed by atoms with Gasteiger partial charge in [0.1, 0.15) is 0 Å². The Morgan fingerprint density at radius 1 is 1.05 bits per heavy atom. The second-order valence-corrected chi connectivity index (χ2v) is 5.46.